The van der Waals surface area contributed by atoms with Crippen LogP contribution in [0, 0.1) is 0 Å². The Morgan fingerprint density at radius 2 is 0.653 bits per heavy atom. The van der Waals surface area contributed by atoms with Crippen molar-refractivity contribution in [1.29, 1.82) is 0 Å². The number of hydrogen-bond donors (Lipinski definition) is 3. The molecule has 0 aromatic rings. The zero-order valence-corrected chi connectivity index (χ0v) is 48.7. The summed E-state index contributed by atoms with van der Waals surface area (Å²) >= 11 is 0. The standard InChI is InChI=1S/C66H127NO5/c1-3-5-7-9-11-13-15-35-38-42-46-50-54-58-64(69)63(62-68)67-65(70)59-55-51-47-43-39-36-33-31-29-27-25-23-21-19-17-18-20-22-24-26-28-30-32-34-37-41-45-49-53-57-61-72-66(71)60-56-52-48-44-40-16-14-12-10-8-6-4-2/h12,14,18,20,63-64,68-69H,3-11,13,15-17,19,21-62H2,1-2H3,(H,67,70)/b14-12-,20-18-. The molecule has 0 rings (SSSR count). The Hall–Kier alpha value is -1.66. The minimum absolute atomic E-state index is 0.00723. The lowest BCUT2D eigenvalue weighted by molar-refractivity contribution is -0.143. The summed E-state index contributed by atoms with van der Waals surface area (Å²) in [5.41, 5.74) is 0. The van der Waals surface area contributed by atoms with Crippen molar-refractivity contribution in [3.8, 4) is 0 Å². The van der Waals surface area contributed by atoms with Crippen molar-refractivity contribution in [2.24, 2.45) is 0 Å². The van der Waals surface area contributed by atoms with E-state index in [0.29, 0.717) is 25.9 Å². The van der Waals surface area contributed by atoms with Crippen LogP contribution in [0.3, 0.4) is 0 Å². The maximum Gasteiger partial charge on any atom is 0.305 e. The molecule has 0 bridgehead atoms. The summed E-state index contributed by atoms with van der Waals surface area (Å²) in [4.78, 5) is 24.5. The van der Waals surface area contributed by atoms with Crippen LogP contribution in [-0.4, -0.2) is 47.4 Å². The molecule has 0 radical (unpaired) electrons. The minimum Gasteiger partial charge on any atom is -0.466 e. The van der Waals surface area contributed by atoms with Crippen LogP contribution < -0.4 is 5.32 Å². The van der Waals surface area contributed by atoms with Gasteiger partial charge in [-0.15, -0.1) is 0 Å². The third-order valence-electron chi connectivity index (χ3n) is 15.2. The van der Waals surface area contributed by atoms with Gasteiger partial charge < -0.3 is 20.3 Å². The van der Waals surface area contributed by atoms with E-state index in [1.54, 1.807) is 0 Å². The van der Waals surface area contributed by atoms with Gasteiger partial charge in [-0.1, -0.05) is 295 Å². The van der Waals surface area contributed by atoms with Gasteiger partial charge in [-0.2, -0.15) is 0 Å². The molecule has 3 N–H and O–H groups in total. The van der Waals surface area contributed by atoms with Gasteiger partial charge >= 0.3 is 5.97 Å². The number of aliphatic hydroxyl groups is 2. The van der Waals surface area contributed by atoms with Crippen LogP contribution >= 0.6 is 0 Å². The first-order valence-corrected chi connectivity index (χ1v) is 32.6. The third-order valence-corrected chi connectivity index (χ3v) is 15.2. The van der Waals surface area contributed by atoms with Crippen molar-refractivity contribution in [3.63, 3.8) is 0 Å². The maximum absolute atomic E-state index is 12.5. The summed E-state index contributed by atoms with van der Waals surface area (Å²) in [6.07, 6.45) is 76.4. The van der Waals surface area contributed by atoms with E-state index in [4.69, 9.17) is 4.74 Å². The summed E-state index contributed by atoms with van der Waals surface area (Å²) in [5.74, 6) is -0.0247. The molecule has 426 valence electrons. The zero-order chi connectivity index (χ0) is 52.2. The number of esters is 1. The van der Waals surface area contributed by atoms with E-state index in [9.17, 15) is 19.8 Å². The Kier molecular flexibility index (Phi) is 60.5. The van der Waals surface area contributed by atoms with E-state index in [1.165, 1.54) is 283 Å². The molecular formula is C66H127NO5. The number of carbonyl (C=O) groups is 2. The highest BCUT2D eigenvalue weighted by Gasteiger charge is 2.20. The van der Waals surface area contributed by atoms with Gasteiger partial charge in [0.2, 0.25) is 5.91 Å². The first-order valence-electron chi connectivity index (χ1n) is 32.6. The molecule has 6 nitrogen and oxygen atoms in total. The van der Waals surface area contributed by atoms with Crippen LogP contribution in [0.15, 0.2) is 24.3 Å². The molecule has 0 aliphatic carbocycles. The molecule has 2 unspecified atom stereocenters. The molecule has 1 amide bonds. The number of unbranched alkanes of at least 4 members (excludes halogenated alkanes) is 46. The molecule has 0 saturated heterocycles. The Morgan fingerprint density at radius 3 is 1.01 bits per heavy atom. The number of amides is 1. The smallest absolute Gasteiger partial charge is 0.305 e. The second-order valence-corrected chi connectivity index (χ2v) is 22.4. The highest BCUT2D eigenvalue weighted by Crippen LogP contribution is 2.18. The SMILES string of the molecule is CCCCC/C=C\CCCCCCCC(=O)OCCCCCCCCCCCCCC/C=C\CCCCCCCCCCCCCCCCC(=O)NC(CO)C(O)CCCCCCCCCCCCCCC. The number of aliphatic hydroxyl groups excluding tert-OH is 2. The van der Waals surface area contributed by atoms with Gasteiger partial charge in [0.15, 0.2) is 0 Å². The molecule has 0 heterocycles. The monoisotopic (exact) mass is 1010 g/mol. The molecule has 0 fully saturated rings. The zero-order valence-electron chi connectivity index (χ0n) is 48.7. The summed E-state index contributed by atoms with van der Waals surface area (Å²) in [6, 6.07) is -0.539. The average Bonchev–Trinajstić information content (AvgIpc) is 3.38. The third kappa shape index (κ3) is 57.6. The van der Waals surface area contributed by atoms with Gasteiger partial charge in [0.05, 0.1) is 25.4 Å². The molecule has 0 aromatic carbocycles. The molecule has 0 aliphatic rings. The Balaban J connectivity index is 3.35. The Morgan fingerprint density at radius 1 is 0.375 bits per heavy atom. The van der Waals surface area contributed by atoms with Gasteiger partial charge in [-0.3, -0.25) is 9.59 Å². The van der Waals surface area contributed by atoms with Crippen molar-refractivity contribution in [3.05, 3.63) is 24.3 Å². The summed E-state index contributed by atoms with van der Waals surface area (Å²) in [7, 11) is 0. The molecule has 0 aromatic heterocycles. The van der Waals surface area contributed by atoms with Crippen molar-refractivity contribution < 1.29 is 24.5 Å². The highest BCUT2D eigenvalue weighted by atomic mass is 16.5. The molecule has 0 spiro atoms. The molecule has 0 aliphatic heterocycles. The van der Waals surface area contributed by atoms with E-state index >= 15 is 0 Å². The van der Waals surface area contributed by atoms with Crippen LogP contribution in [0.5, 0.6) is 0 Å². The highest BCUT2D eigenvalue weighted by molar-refractivity contribution is 5.76. The quantitative estimate of drug-likeness (QED) is 0.0320. The molecule has 72 heavy (non-hydrogen) atoms. The summed E-state index contributed by atoms with van der Waals surface area (Å²) < 4.78 is 5.47. The average molecular weight is 1010 g/mol. The fourth-order valence-electron chi connectivity index (χ4n) is 10.2. The van der Waals surface area contributed by atoms with Crippen molar-refractivity contribution in [2.45, 2.75) is 373 Å². The van der Waals surface area contributed by atoms with Gasteiger partial charge in [0.25, 0.3) is 0 Å². The first-order chi connectivity index (χ1) is 35.5. The van der Waals surface area contributed by atoms with Crippen LogP contribution in [0.2, 0.25) is 0 Å². The van der Waals surface area contributed by atoms with E-state index in [0.717, 1.165) is 44.9 Å². The van der Waals surface area contributed by atoms with Gasteiger partial charge in [0.1, 0.15) is 0 Å². The van der Waals surface area contributed by atoms with E-state index in [1.807, 2.05) is 0 Å². The van der Waals surface area contributed by atoms with E-state index in [-0.39, 0.29) is 18.5 Å². The summed E-state index contributed by atoms with van der Waals surface area (Å²) in [5, 5.41) is 23.3. The van der Waals surface area contributed by atoms with Crippen molar-refractivity contribution >= 4 is 11.9 Å². The van der Waals surface area contributed by atoms with Crippen molar-refractivity contribution in [2.75, 3.05) is 13.2 Å². The maximum atomic E-state index is 12.5. The second kappa shape index (κ2) is 61.9. The van der Waals surface area contributed by atoms with Gasteiger partial charge in [-0.25, -0.2) is 0 Å². The van der Waals surface area contributed by atoms with Gasteiger partial charge in [-0.05, 0) is 77.0 Å². The fourth-order valence-corrected chi connectivity index (χ4v) is 10.2. The number of carbonyl (C=O) groups excluding carboxylic acids is 2. The normalized spacial score (nSPS) is 12.7. The lowest BCUT2D eigenvalue weighted by atomic mass is 10.0. The van der Waals surface area contributed by atoms with E-state index < -0.39 is 12.1 Å². The predicted molar refractivity (Wildman–Crippen MR) is 315 cm³/mol. The van der Waals surface area contributed by atoms with Gasteiger partial charge in [0, 0.05) is 12.8 Å². The molecule has 6 heteroatoms. The molecule has 0 saturated carbocycles. The minimum atomic E-state index is -0.662. The second-order valence-electron chi connectivity index (χ2n) is 22.4. The lowest BCUT2D eigenvalue weighted by Gasteiger charge is -2.22. The van der Waals surface area contributed by atoms with Crippen LogP contribution in [0.4, 0.5) is 0 Å². The van der Waals surface area contributed by atoms with E-state index in [2.05, 4.69) is 43.5 Å². The first kappa shape index (κ1) is 70.3. The lowest BCUT2D eigenvalue weighted by Crippen LogP contribution is -2.45. The predicted octanol–water partition coefficient (Wildman–Crippen LogP) is 20.6. The van der Waals surface area contributed by atoms with Crippen LogP contribution in [0.1, 0.15) is 361 Å². The number of allylic oxidation sites excluding steroid dienone is 4. The molecular weight excluding hydrogens is 887 g/mol. The Labute approximate surface area is 450 Å². The number of rotatable bonds is 61. The topological polar surface area (TPSA) is 95.9 Å². The number of nitrogens with one attached hydrogen (secondary N) is 1. The number of hydrogen-bond acceptors (Lipinski definition) is 5. The molecule has 2 atom stereocenters. The van der Waals surface area contributed by atoms with Crippen LogP contribution in [-0.2, 0) is 14.3 Å². The van der Waals surface area contributed by atoms with Crippen LogP contribution in [0.25, 0.3) is 0 Å². The number of ether oxygens (including phenoxy) is 1. The largest absolute Gasteiger partial charge is 0.466 e. The Bertz CT molecular complexity index is 1120. The summed E-state index contributed by atoms with van der Waals surface area (Å²) in [6.45, 7) is 4.94. The van der Waals surface area contributed by atoms with Crippen molar-refractivity contribution in [1.82, 2.24) is 5.32 Å². The fraction of sp³-hybridized carbons (Fsp3) is 0.909.